The van der Waals surface area contributed by atoms with Gasteiger partial charge in [-0.3, -0.25) is 9.52 Å². The van der Waals surface area contributed by atoms with E-state index in [0.29, 0.717) is 9.99 Å². The molecule has 28 heavy (non-hydrogen) atoms. The number of nitrogens with one attached hydrogen (secondary N) is 2. The van der Waals surface area contributed by atoms with Crippen molar-refractivity contribution in [2.75, 3.05) is 23.1 Å². The maximum absolute atomic E-state index is 14.4. The van der Waals surface area contributed by atoms with Gasteiger partial charge in [-0.1, -0.05) is 0 Å². The number of carbonyl (C=O) groups excluding carboxylic acids is 1. The molecular formula is C17H15F3IN3O3S. The Hall–Kier alpha value is -1.86. The van der Waals surface area contributed by atoms with Gasteiger partial charge < -0.3 is 5.32 Å². The quantitative estimate of drug-likeness (QED) is 0.583. The summed E-state index contributed by atoms with van der Waals surface area (Å²) in [6, 6.07) is 5.83. The Kier molecular flexibility index (Phi) is 6.15. The Bertz CT molecular complexity index is 1030. The summed E-state index contributed by atoms with van der Waals surface area (Å²) >= 11 is 1.89. The molecule has 6 nitrogen and oxygen atoms in total. The first-order chi connectivity index (χ1) is 13.2. The van der Waals surface area contributed by atoms with Crippen molar-refractivity contribution in [2.45, 2.75) is 12.8 Å². The molecule has 0 radical (unpaired) electrons. The van der Waals surface area contributed by atoms with Gasteiger partial charge in [0.15, 0.2) is 11.6 Å². The highest BCUT2D eigenvalue weighted by atomic mass is 127. The van der Waals surface area contributed by atoms with Crippen molar-refractivity contribution in [3.8, 4) is 0 Å². The van der Waals surface area contributed by atoms with Crippen LogP contribution in [-0.4, -0.2) is 31.6 Å². The normalized spacial score (nSPS) is 15.5. The predicted molar refractivity (Wildman–Crippen MR) is 107 cm³/mol. The van der Waals surface area contributed by atoms with Crippen LogP contribution in [0.1, 0.15) is 12.8 Å². The number of halogens is 4. The molecule has 2 aromatic rings. The van der Waals surface area contributed by atoms with E-state index in [4.69, 9.17) is 0 Å². The Morgan fingerprint density at radius 2 is 1.75 bits per heavy atom. The van der Waals surface area contributed by atoms with Crippen LogP contribution in [0.5, 0.6) is 0 Å². The molecule has 0 bridgehead atoms. The van der Waals surface area contributed by atoms with E-state index in [0.717, 1.165) is 16.4 Å². The average Bonchev–Trinajstić information content (AvgIpc) is 2.63. The van der Waals surface area contributed by atoms with E-state index in [9.17, 15) is 26.4 Å². The first-order valence-corrected chi connectivity index (χ1v) is 10.7. The second kappa shape index (κ2) is 8.25. The molecule has 0 amide bonds. The standard InChI is InChI=1S/C17H15F3IN3O3S/c18-12-4-6-15(23-28(26,27)24-7-1-2-11(25)9-24)17(16(12)20)22-14-5-3-10(21)8-13(14)19/h3-6,8,22-23H,1-2,7,9H2. The lowest BCUT2D eigenvalue weighted by molar-refractivity contribution is -0.120. The van der Waals surface area contributed by atoms with Gasteiger partial charge >= 0.3 is 10.2 Å². The van der Waals surface area contributed by atoms with Gasteiger partial charge in [-0.2, -0.15) is 12.7 Å². The summed E-state index contributed by atoms with van der Waals surface area (Å²) in [6.45, 7) is -0.174. The Balaban J connectivity index is 1.95. The first-order valence-electron chi connectivity index (χ1n) is 8.17. The average molecular weight is 525 g/mol. The number of benzene rings is 2. The van der Waals surface area contributed by atoms with Crippen molar-refractivity contribution in [1.29, 1.82) is 0 Å². The monoisotopic (exact) mass is 525 g/mol. The molecule has 0 spiro atoms. The molecule has 1 heterocycles. The van der Waals surface area contributed by atoms with Gasteiger partial charge in [0.2, 0.25) is 0 Å². The lowest BCUT2D eigenvalue weighted by Crippen LogP contribution is -2.43. The zero-order chi connectivity index (χ0) is 20.5. The van der Waals surface area contributed by atoms with Crippen LogP contribution in [0.15, 0.2) is 30.3 Å². The second-order valence-corrected chi connectivity index (χ2v) is 9.03. The van der Waals surface area contributed by atoms with Gasteiger partial charge in [-0.15, -0.1) is 0 Å². The van der Waals surface area contributed by atoms with Crippen LogP contribution in [0.2, 0.25) is 0 Å². The van der Waals surface area contributed by atoms with Gasteiger partial charge in [0.1, 0.15) is 17.3 Å². The fraction of sp³-hybridized carbons (Fsp3) is 0.235. The molecule has 2 aromatic carbocycles. The molecule has 150 valence electrons. The summed E-state index contributed by atoms with van der Waals surface area (Å²) in [5.41, 5.74) is -1.03. The number of rotatable bonds is 5. The summed E-state index contributed by atoms with van der Waals surface area (Å²) < 4.78 is 71.0. The highest BCUT2D eigenvalue weighted by Crippen LogP contribution is 2.33. The van der Waals surface area contributed by atoms with Crippen molar-refractivity contribution in [3.63, 3.8) is 0 Å². The van der Waals surface area contributed by atoms with E-state index in [-0.39, 0.29) is 36.7 Å². The van der Waals surface area contributed by atoms with Crippen molar-refractivity contribution in [1.82, 2.24) is 4.31 Å². The minimum Gasteiger partial charge on any atom is -0.349 e. The van der Waals surface area contributed by atoms with E-state index in [1.807, 2.05) is 22.6 Å². The largest absolute Gasteiger partial charge is 0.349 e. The molecule has 1 aliphatic heterocycles. The topological polar surface area (TPSA) is 78.5 Å². The maximum Gasteiger partial charge on any atom is 0.302 e. The lowest BCUT2D eigenvalue weighted by atomic mass is 10.1. The molecule has 11 heteroatoms. The van der Waals surface area contributed by atoms with E-state index < -0.39 is 33.3 Å². The first kappa shape index (κ1) is 20.9. The van der Waals surface area contributed by atoms with Gasteiger partial charge in [0.25, 0.3) is 0 Å². The Morgan fingerprint density at radius 1 is 1.04 bits per heavy atom. The van der Waals surface area contributed by atoms with Crippen molar-refractivity contribution in [3.05, 3.63) is 51.4 Å². The second-order valence-electron chi connectivity index (χ2n) is 6.12. The lowest BCUT2D eigenvalue weighted by Gasteiger charge is -2.26. The molecule has 0 atom stereocenters. The van der Waals surface area contributed by atoms with Crippen molar-refractivity contribution in [2.24, 2.45) is 0 Å². The third kappa shape index (κ3) is 4.58. The van der Waals surface area contributed by atoms with Crippen LogP contribution in [0.3, 0.4) is 0 Å². The molecular weight excluding hydrogens is 510 g/mol. The summed E-state index contributed by atoms with van der Waals surface area (Å²) in [4.78, 5) is 11.5. The van der Waals surface area contributed by atoms with Crippen molar-refractivity contribution < 1.29 is 26.4 Å². The molecule has 0 unspecified atom stereocenters. The predicted octanol–water partition coefficient (Wildman–Crippen LogP) is 3.77. The van der Waals surface area contributed by atoms with Crippen LogP contribution in [0.25, 0.3) is 0 Å². The van der Waals surface area contributed by atoms with E-state index in [2.05, 4.69) is 10.0 Å². The summed E-state index contributed by atoms with van der Waals surface area (Å²) in [5, 5.41) is 2.41. The molecule has 0 saturated carbocycles. The third-order valence-electron chi connectivity index (χ3n) is 4.08. The third-order valence-corrected chi connectivity index (χ3v) is 6.22. The van der Waals surface area contributed by atoms with E-state index in [1.165, 1.54) is 12.1 Å². The fourth-order valence-corrected chi connectivity index (χ4v) is 4.41. The van der Waals surface area contributed by atoms with Crippen LogP contribution < -0.4 is 10.0 Å². The minimum absolute atomic E-state index is 0.124. The summed E-state index contributed by atoms with van der Waals surface area (Å²) in [6.07, 6.45) is 0.659. The van der Waals surface area contributed by atoms with Gasteiger partial charge in [-0.25, -0.2) is 13.2 Å². The van der Waals surface area contributed by atoms with Crippen LogP contribution >= 0.6 is 22.6 Å². The van der Waals surface area contributed by atoms with Gasteiger partial charge in [0, 0.05) is 16.5 Å². The molecule has 0 aromatic heterocycles. The number of Topliss-reactive ketones (excluding diaryl/α,β-unsaturated/α-hetero) is 1. The molecule has 1 fully saturated rings. The van der Waals surface area contributed by atoms with Crippen LogP contribution in [0, 0.1) is 21.0 Å². The number of anilines is 3. The number of piperidine rings is 1. The van der Waals surface area contributed by atoms with Gasteiger partial charge in [-0.05, 0) is 59.3 Å². The Morgan fingerprint density at radius 3 is 2.43 bits per heavy atom. The van der Waals surface area contributed by atoms with E-state index >= 15 is 0 Å². The number of hydrogen-bond acceptors (Lipinski definition) is 4. The number of carbonyl (C=O) groups is 1. The SMILES string of the molecule is O=C1CCCN(S(=O)(=O)Nc2ccc(F)c(F)c2Nc2ccc(I)cc2F)C1. The molecule has 3 rings (SSSR count). The molecule has 1 aliphatic rings. The zero-order valence-electron chi connectivity index (χ0n) is 14.3. The number of hydrogen-bond donors (Lipinski definition) is 2. The van der Waals surface area contributed by atoms with Crippen molar-refractivity contribution >= 4 is 55.6 Å². The highest BCUT2D eigenvalue weighted by molar-refractivity contribution is 14.1. The van der Waals surface area contributed by atoms with Crippen LogP contribution in [0.4, 0.5) is 30.2 Å². The highest BCUT2D eigenvalue weighted by Gasteiger charge is 2.29. The van der Waals surface area contributed by atoms with Crippen LogP contribution in [-0.2, 0) is 15.0 Å². The molecule has 0 aliphatic carbocycles. The number of nitrogens with zero attached hydrogens (tertiary/aromatic N) is 1. The smallest absolute Gasteiger partial charge is 0.302 e. The van der Waals surface area contributed by atoms with E-state index in [1.54, 1.807) is 6.07 Å². The fourth-order valence-electron chi connectivity index (χ4n) is 2.70. The zero-order valence-corrected chi connectivity index (χ0v) is 17.3. The number of ketones is 1. The summed E-state index contributed by atoms with van der Waals surface area (Å²) in [7, 11) is -4.19. The molecule has 2 N–H and O–H groups in total. The maximum atomic E-state index is 14.4. The Labute approximate surface area is 173 Å². The summed E-state index contributed by atoms with van der Waals surface area (Å²) in [5.74, 6) is -3.55. The molecule has 1 saturated heterocycles. The minimum atomic E-state index is -4.19. The van der Waals surface area contributed by atoms with Gasteiger partial charge in [0.05, 0.1) is 17.9 Å².